The first-order chi connectivity index (χ1) is 15.2. The molecule has 0 amide bonds. The molecule has 0 saturated heterocycles. The Kier molecular flexibility index (Phi) is 5.31. The number of hydrogen-bond donors (Lipinski definition) is 1. The predicted octanol–water partition coefficient (Wildman–Crippen LogP) is 4.77. The Morgan fingerprint density at radius 2 is 1.94 bits per heavy atom. The minimum Gasteiger partial charge on any atom is -0.461 e. The van der Waals surface area contributed by atoms with Crippen molar-refractivity contribution in [3.8, 4) is 11.6 Å². The molecular weight excluding hydrogens is 434 g/mol. The van der Waals surface area contributed by atoms with Crippen molar-refractivity contribution >= 4 is 34.3 Å². The summed E-state index contributed by atoms with van der Waals surface area (Å²) in [4.78, 5) is 19.8. The van der Waals surface area contributed by atoms with Gasteiger partial charge in [-0.3, -0.25) is 9.36 Å². The quantitative estimate of drug-likeness (QED) is 0.375. The van der Waals surface area contributed by atoms with Gasteiger partial charge in [0.25, 0.3) is 5.56 Å². The molecule has 7 nitrogen and oxygen atoms in total. The van der Waals surface area contributed by atoms with E-state index in [1.165, 1.54) is 11.8 Å². The molecule has 0 atom stereocenters. The molecule has 3 aromatic heterocycles. The van der Waals surface area contributed by atoms with Crippen molar-refractivity contribution in [3.63, 3.8) is 0 Å². The smallest absolute Gasteiger partial charge is 0.258 e. The van der Waals surface area contributed by atoms with Crippen LogP contribution in [-0.4, -0.2) is 24.7 Å². The lowest BCUT2D eigenvalue weighted by Gasteiger charge is -2.09. The standard InChI is InChI=1S/C22H16ClN5O2S/c23-15-8-9-16-17(11-15)24-19(25-21(16)29)13-31-22-27-26-20(18-7-4-10-30-18)28(22)12-14-5-2-1-3-6-14/h1-11H,12-13H2,(H,24,25,29). The van der Waals surface area contributed by atoms with E-state index in [9.17, 15) is 4.79 Å². The van der Waals surface area contributed by atoms with Crippen molar-refractivity contribution in [2.75, 3.05) is 0 Å². The number of nitrogens with zero attached hydrogens (tertiary/aromatic N) is 4. The van der Waals surface area contributed by atoms with Gasteiger partial charge in [0.2, 0.25) is 5.82 Å². The van der Waals surface area contributed by atoms with Crippen LogP contribution in [0, 0.1) is 0 Å². The molecule has 5 aromatic rings. The Hall–Kier alpha value is -3.36. The Balaban J connectivity index is 1.47. The van der Waals surface area contributed by atoms with Crippen LogP contribution in [0.4, 0.5) is 0 Å². The summed E-state index contributed by atoms with van der Waals surface area (Å²) in [6.45, 7) is 0.587. The van der Waals surface area contributed by atoms with E-state index in [0.717, 1.165) is 5.56 Å². The number of halogens is 1. The fraction of sp³-hybridized carbons (Fsp3) is 0.0909. The van der Waals surface area contributed by atoms with Crippen LogP contribution in [0.15, 0.2) is 81.3 Å². The van der Waals surface area contributed by atoms with Crippen LogP contribution >= 0.6 is 23.4 Å². The molecule has 0 bridgehead atoms. The molecule has 0 fully saturated rings. The second-order valence-electron chi connectivity index (χ2n) is 6.82. The van der Waals surface area contributed by atoms with Crippen LogP contribution in [0.2, 0.25) is 5.02 Å². The number of thioether (sulfide) groups is 1. The van der Waals surface area contributed by atoms with E-state index in [2.05, 4.69) is 20.2 Å². The largest absolute Gasteiger partial charge is 0.461 e. The zero-order valence-electron chi connectivity index (χ0n) is 16.2. The van der Waals surface area contributed by atoms with Gasteiger partial charge in [-0.05, 0) is 35.9 Å². The molecule has 0 saturated carbocycles. The number of aromatic amines is 1. The van der Waals surface area contributed by atoms with Crippen molar-refractivity contribution in [2.24, 2.45) is 0 Å². The third-order valence-corrected chi connectivity index (χ3v) is 5.91. The molecule has 0 spiro atoms. The molecule has 0 radical (unpaired) electrons. The zero-order chi connectivity index (χ0) is 21.2. The Labute approximate surface area is 186 Å². The highest BCUT2D eigenvalue weighted by Gasteiger charge is 2.17. The summed E-state index contributed by atoms with van der Waals surface area (Å²) in [7, 11) is 0. The van der Waals surface area contributed by atoms with Gasteiger partial charge in [0.05, 0.1) is 29.5 Å². The Morgan fingerprint density at radius 3 is 2.74 bits per heavy atom. The van der Waals surface area contributed by atoms with Crippen LogP contribution in [-0.2, 0) is 12.3 Å². The normalized spacial score (nSPS) is 11.3. The third-order valence-electron chi connectivity index (χ3n) is 4.70. The maximum Gasteiger partial charge on any atom is 0.258 e. The van der Waals surface area contributed by atoms with Gasteiger partial charge in [-0.2, -0.15) is 0 Å². The first-order valence-corrected chi connectivity index (χ1v) is 10.9. The lowest BCUT2D eigenvalue weighted by Crippen LogP contribution is -2.11. The summed E-state index contributed by atoms with van der Waals surface area (Å²) in [6, 6.07) is 18.8. The molecule has 0 unspecified atom stereocenters. The van der Waals surface area contributed by atoms with E-state index >= 15 is 0 Å². The average Bonchev–Trinajstić information content (AvgIpc) is 3.43. The van der Waals surface area contributed by atoms with Gasteiger partial charge in [0.15, 0.2) is 10.9 Å². The van der Waals surface area contributed by atoms with Crippen LogP contribution in [0.25, 0.3) is 22.5 Å². The maximum absolute atomic E-state index is 12.4. The van der Waals surface area contributed by atoms with Gasteiger partial charge < -0.3 is 9.40 Å². The van der Waals surface area contributed by atoms with Crippen molar-refractivity contribution < 1.29 is 4.42 Å². The number of benzene rings is 2. The van der Waals surface area contributed by atoms with E-state index in [0.29, 0.717) is 50.8 Å². The molecule has 2 aromatic carbocycles. The molecule has 1 N–H and O–H groups in total. The lowest BCUT2D eigenvalue weighted by atomic mass is 10.2. The number of fused-ring (bicyclic) bond motifs is 1. The number of hydrogen-bond acceptors (Lipinski definition) is 6. The lowest BCUT2D eigenvalue weighted by molar-refractivity contribution is 0.569. The summed E-state index contributed by atoms with van der Waals surface area (Å²) in [5, 5.41) is 10.4. The number of aromatic nitrogens is 5. The molecule has 31 heavy (non-hydrogen) atoms. The van der Waals surface area contributed by atoms with E-state index in [4.69, 9.17) is 16.0 Å². The number of H-pyrrole nitrogens is 1. The van der Waals surface area contributed by atoms with Crippen LogP contribution in [0.1, 0.15) is 11.4 Å². The van der Waals surface area contributed by atoms with Gasteiger partial charge in [-0.25, -0.2) is 4.98 Å². The van der Waals surface area contributed by atoms with Crippen molar-refractivity contribution in [1.29, 1.82) is 0 Å². The molecular formula is C22H16ClN5O2S. The zero-order valence-corrected chi connectivity index (χ0v) is 17.7. The summed E-state index contributed by atoms with van der Waals surface area (Å²) in [5.41, 5.74) is 1.48. The molecule has 9 heteroatoms. The SMILES string of the molecule is O=c1[nH]c(CSc2nnc(-c3ccco3)n2Cc2ccccc2)nc2cc(Cl)ccc12. The van der Waals surface area contributed by atoms with E-state index in [1.807, 2.05) is 47.0 Å². The monoisotopic (exact) mass is 449 g/mol. The van der Waals surface area contributed by atoms with Gasteiger partial charge in [-0.1, -0.05) is 53.7 Å². The highest BCUT2D eigenvalue weighted by atomic mass is 35.5. The van der Waals surface area contributed by atoms with Gasteiger partial charge in [0.1, 0.15) is 5.82 Å². The molecule has 5 rings (SSSR count). The molecule has 154 valence electrons. The number of nitrogens with one attached hydrogen (secondary N) is 1. The minimum absolute atomic E-state index is 0.195. The second-order valence-corrected chi connectivity index (χ2v) is 8.20. The molecule has 0 aliphatic heterocycles. The molecule has 3 heterocycles. The van der Waals surface area contributed by atoms with Gasteiger partial charge in [-0.15, -0.1) is 10.2 Å². The highest BCUT2D eigenvalue weighted by molar-refractivity contribution is 7.98. The fourth-order valence-corrected chi connectivity index (χ4v) is 4.23. The van der Waals surface area contributed by atoms with Crippen molar-refractivity contribution in [3.05, 3.63) is 93.7 Å². The summed E-state index contributed by atoms with van der Waals surface area (Å²) in [6.07, 6.45) is 1.61. The van der Waals surface area contributed by atoms with Crippen LogP contribution < -0.4 is 5.56 Å². The van der Waals surface area contributed by atoms with Gasteiger partial charge in [0, 0.05) is 5.02 Å². The van der Waals surface area contributed by atoms with E-state index < -0.39 is 0 Å². The summed E-state index contributed by atoms with van der Waals surface area (Å²) >= 11 is 7.50. The first kappa shape index (κ1) is 19.6. The molecule has 0 aliphatic rings. The first-order valence-electron chi connectivity index (χ1n) is 9.49. The summed E-state index contributed by atoms with van der Waals surface area (Å²) in [5.74, 6) is 2.24. The molecule has 0 aliphatic carbocycles. The van der Waals surface area contributed by atoms with E-state index in [-0.39, 0.29) is 5.56 Å². The van der Waals surface area contributed by atoms with E-state index in [1.54, 1.807) is 24.5 Å². The van der Waals surface area contributed by atoms with Gasteiger partial charge >= 0.3 is 0 Å². The number of rotatable bonds is 6. The third kappa shape index (κ3) is 4.12. The fourth-order valence-electron chi connectivity index (χ4n) is 3.25. The van der Waals surface area contributed by atoms with Crippen LogP contribution in [0.5, 0.6) is 0 Å². The highest BCUT2D eigenvalue weighted by Crippen LogP contribution is 2.27. The second kappa shape index (κ2) is 8.41. The average molecular weight is 450 g/mol. The predicted molar refractivity (Wildman–Crippen MR) is 120 cm³/mol. The maximum atomic E-state index is 12.4. The topological polar surface area (TPSA) is 89.6 Å². The van der Waals surface area contributed by atoms with Crippen molar-refractivity contribution in [1.82, 2.24) is 24.7 Å². The summed E-state index contributed by atoms with van der Waals surface area (Å²) < 4.78 is 7.54. The number of furan rings is 1. The Bertz CT molecular complexity index is 1400. The Morgan fingerprint density at radius 1 is 1.06 bits per heavy atom. The minimum atomic E-state index is -0.195. The van der Waals surface area contributed by atoms with Crippen LogP contribution in [0.3, 0.4) is 0 Å². The van der Waals surface area contributed by atoms with Crippen molar-refractivity contribution in [2.45, 2.75) is 17.5 Å².